The molecule has 0 N–H and O–H groups in total. The number of carbonyl (C=O) groups excluding carboxylic acids is 1. The van der Waals surface area contributed by atoms with Gasteiger partial charge in [-0.2, -0.15) is 5.26 Å². The van der Waals surface area contributed by atoms with Crippen LogP contribution in [0.5, 0.6) is 11.5 Å². The lowest BCUT2D eigenvalue weighted by molar-refractivity contribution is -0.301. The summed E-state index contributed by atoms with van der Waals surface area (Å²) < 4.78 is 29.7. The number of nitriles is 1. The lowest BCUT2D eigenvalue weighted by atomic mass is 9.80. The van der Waals surface area contributed by atoms with Crippen LogP contribution < -0.4 is 14.4 Å². The molecule has 8 rings (SSSR count). The van der Waals surface area contributed by atoms with Crippen LogP contribution in [0.4, 0.5) is 11.4 Å². The number of hydroxylamine groups is 4. The van der Waals surface area contributed by atoms with Crippen LogP contribution in [0.3, 0.4) is 0 Å². The predicted octanol–water partition coefficient (Wildman–Crippen LogP) is 11.6. The number of piperidine rings is 2. The first kappa shape index (κ1) is 49.9. The molecule has 2 atom stereocenters. The minimum Gasteiger partial charge on any atom is -0.491 e. The van der Waals surface area contributed by atoms with E-state index < -0.39 is 22.2 Å². The van der Waals surface area contributed by atoms with Gasteiger partial charge in [-0.05, 0) is 188 Å². The van der Waals surface area contributed by atoms with Crippen molar-refractivity contribution in [2.24, 2.45) is 0 Å². The molecule has 0 spiro atoms. The largest absolute Gasteiger partial charge is 0.491 e. The Labute approximate surface area is 408 Å². The third kappa shape index (κ3) is 11.3. The van der Waals surface area contributed by atoms with Crippen molar-refractivity contribution >= 4 is 35.6 Å². The molecular weight excluding hydrogens is 869 g/mol. The molecule has 12 nitrogen and oxygen atoms in total. The zero-order valence-corrected chi connectivity index (χ0v) is 41.5. The average Bonchev–Trinajstić information content (AvgIpc) is 3.91. The van der Waals surface area contributed by atoms with E-state index >= 15 is 0 Å². The van der Waals surface area contributed by atoms with Gasteiger partial charge in [0.1, 0.15) is 30.8 Å². The van der Waals surface area contributed by atoms with Gasteiger partial charge < -0.3 is 28.6 Å². The number of rotatable bonds is 17. The molecule has 2 unspecified atom stereocenters. The van der Waals surface area contributed by atoms with Gasteiger partial charge >= 0.3 is 0 Å². The van der Waals surface area contributed by atoms with Crippen LogP contribution in [0.2, 0.25) is 0 Å². The molecule has 2 radical (unpaired) electrons. The summed E-state index contributed by atoms with van der Waals surface area (Å²) in [6.07, 6.45) is 9.83. The average molecular weight is 937 g/mol. The second-order valence-corrected chi connectivity index (χ2v) is 21.7. The number of hydrogen-bond acceptors (Lipinski definition) is 10. The fourth-order valence-electron chi connectivity index (χ4n) is 11.6. The summed E-state index contributed by atoms with van der Waals surface area (Å²) in [5.41, 5.74) is 6.56. The highest BCUT2D eigenvalue weighted by molar-refractivity contribution is 5.92. The summed E-state index contributed by atoms with van der Waals surface area (Å²) in [4.78, 5) is 13.4. The molecule has 364 valence electrons. The molecule has 0 bridgehead atoms. The van der Waals surface area contributed by atoms with Gasteiger partial charge in [0.2, 0.25) is 5.76 Å². The zero-order valence-electron chi connectivity index (χ0n) is 41.5. The summed E-state index contributed by atoms with van der Waals surface area (Å²) in [5.74, 6) is 1.84. The van der Waals surface area contributed by atoms with Crippen LogP contribution in [-0.2, 0) is 29.4 Å². The Hall–Kier alpha value is -5.52. The Bertz CT molecular complexity index is 2390. The minimum absolute atomic E-state index is 0.00934. The highest BCUT2D eigenvalue weighted by Gasteiger charge is 2.48. The lowest BCUT2D eigenvalue weighted by Crippen LogP contribution is -2.60. The fraction of sp³-hybridized carbons (Fsp3) is 0.474. The number of benzene rings is 4. The first-order valence-electron chi connectivity index (χ1n) is 24.5. The summed E-state index contributed by atoms with van der Waals surface area (Å²) in [6.45, 7) is 17.8. The van der Waals surface area contributed by atoms with Gasteiger partial charge in [0.05, 0.1) is 25.4 Å². The van der Waals surface area contributed by atoms with E-state index in [0.29, 0.717) is 64.1 Å². The maximum absolute atomic E-state index is 12.8. The Balaban J connectivity index is 0.979. The van der Waals surface area contributed by atoms with E-state index in [2.05, 4.69) is 71.6 Å². The van der Waals surface area contributed by atoms with Gasteiger partial charge in [0.15, 0.2) is 0 Å². The molecule has 3 aliphatic heterocycles. The molecule has 1 aliphatic carbocycles. The van der Waals surface area contributed by atoms with Crippen molar-refractivity contribution in [1.29, 1.82) is 5.26 Å². The molecule has 3 heterocycles. The molecule has 2 saturated heterocycles. The van der Waals surface area contributed by atoms with Gasteiger partial charge in [-0.25, -0.2) is 0 Å². The van der Waals surface area contributed by atoms with Crippen LogP contribution in [-0.4, -0.2) is 83.4 Å². The Kier molecular flexibility index (Phi) is 14.8. The van der Waals surface area contributed by atoms with Crippen molar-refractivity contribution < 1.29 is 38.9 Å². The quantitative estimate of drug-likeness (QED) is 0.0331. The van der Waals surface area contributed by atoms with Gasteiger partial charge in [0.25, 0.3) is 6.47 Å². The van der Waals surface area contributed by atoms with Gasteiger partial charge in [0, 0.05) is 45.5 Å². The third-order valence-electron chi connectivity index (χ3n) is 14.4. The van der Waals surface area contributed by atoms with Crippen LogP contribution in [0.25, 0.3) is 17.7 Å². The van der Waals surface area contributed by atoms with E-state index in [-0.39, 0.29) is 24.4 Å². The van der Waals surface area contributed by atoms with Gasteiger partial charge in [-0.15, -0.1) is 20.5 Å². The highest BCUT2D eigenvalue weighted by Crippen LogP contribution is 2.52. The van der Waals surface area contributed by atoms with Crippen LogP contribution in [0.15, 0.2) is 96.8 Å². The monoisotopic (exact) mass is 937 g/mol. The molecule has 0 aromatic heterocycles. The van der Waals surface area contributed by atoms with Crippen molar-refractivity contribution in [2.75, 3.05) is 31.3 Å². The van der Waals surface area contributed by atoms with Crippen LogP contribution >= 0.6 is 0 Å². The summed E-state index contributed by atoms with van der Waals surface area (Å²) >= 11 is 0. The topological polar surface area (TPSA) is 137 Å². The number of allylic oxidation sites excluding steroid dienone is 1. The van der Waals surface area contributed by atoms with Crippen molar-refractivity contribution in [3.8, 4) is 17.6 Å². The normalized spacial score (nSPS) is 22.0. The molecule has 0 amide bonds. The first-order valence-corrected chi connectivity index (χ1v) is 24.5. The summed E-state index contributed by atoms with van der Waals surface area (Å²) in [5, 5.41) is 37.5. The second kappa shape index (κ2) is 20.4. The van der Waals surface area contributed by atoms with Gasteiger partial charge in [-0.1, -0.05) is 48.9 Å². The van der Waals surface area contributed by atoms with Crippen molar-refractivity contribution in [1.82, 2.24) is 10.1 Å². The van der Waals surface area contributed by atoms with E-state index in [1.807, 2.05) is 91.8 Å². The van der Waals surface area contributed by atoms with E-state index in [4.69, 9.17) is 23.7 Å². The second-order valence-electron chi connectivity index (χ2n) is 21.7. The number of fused-ring (bicyclic) bond motifs is 3. The number of ether oxygens (including phenoxy) is 5. The molecular formula is C57H68N4O8. The molecule has 1 saturated carbocycles. The zero-order chi connectivity index (χ0) is 49.1. The minimum atomic E-state index is -0.490. The van der Waals surface area contributed by atoms with E-state index in [9.17, 15) is 20.5 Å². The van der Waals surface area contributed by atoms with E-state index in [0.717, 1.165) is 64.3 Å². The maximum atomic E-state index is 12.8. The Morgan fingerprint density at radius 3 is 1.61 bits per heavy atom. The van der Waals surface area contributed by atoms with Crippen LogP contribution in [0.1, 0.15) is 134 Å². The fourth-order valence-corrected chi connectivity index (χ4v) is 11.6. The number of anilines is 2. The van der Waals surface area contributed by atoms with Crippen molar-refractivity contribution in [3.63, 3.8) is 0 Å². The van der Waals surface area contributed by atoms with Crippen LogP contribution in [0, 0.1) is 11.3 Å². The van der Waals surface area contributed by atoms with Crippen molar-refractivity contribution in [3.05, 3.63) is 125 Å². The van der Waals surface area contributed by atoms with E-state index in [1.54, 1.807) is 6.08 Å². The standard InChI is InChI=1S/C57H68N4O8/c1-54(2)33-47(34-55(3,4)60(54)63)67-28-26-65-44-21-15-41(16-22-44)50(42-17-23-45(24-18-42)66-27-29-68-48-35-56(5,6)61(64)57(7,8)36-48)31-39-12-19-43(20-13-39)59-52-11-9-10-49(52)51-32-40(14-25-53(51)59)30-46(37-58)69-38-62/h12-25,30-32,38,47-49,52H,9-11,26-29,33-36H2,1-8H3/b46-30-. The molecule has 3 fully saturated rings. The first-order chi connectivity index (χ1) is 32.9. The lowest BCUT2D eigenvalue weighted by Gasteiger charge is -2.49. The summed E-state index contributed by atoms with van der Waals surface area (Å²) in [7, 11) is 0. The molecule has 12 heteroatoms. The van der Waals surface area contributed by atoms with Gasteiger partial charge in [-0.3, -0.25) is 4.79 Å². The summed E-state index contributed by atoms with van der Waals surface area (Å²) in [6, 6.07) is 33.6. The van der Waals surface area contributed by atoms with E-state index in [1.165, 1.54) is 21.4 Å². The molecule has 4 aromatic carbocycles. The molecule has 4 aromatic rings. The Morgan fingerprint density at radius 1 is 0.638 bits per heavy atom. The SMILES string of the molecule is CC1(C)CC(OCCOc2ccc(C(=Cc3ccc(N4c5ccc(/C=C(/C#N)OC=O)cc5C5CCCC54)cc3)c3ccc(OCCOC4CC(C)(C)N([O])C(C)(C)C4)cc3)cc2)CC(C)(C)N1[O]. The molecule has 4 aliphatic rings. The Morgan fingerprint density at radius 2 is 1.13 bits per heavy atom. The number of carbonyl (C=O) groups is 1. The highest BCUT2D eigenvalue weighted by atomic mass is 16.5. The molecule has 69 heavy (non-hydrogen) atoms. The maximum Gasteiger partial charge on any atom is 0.299 e. The number of hydrogen-bond donors (Lipinski definition) is 0. The number of nitrogens with zero attached hydrogens (tertiary/aromatic N) is 4. The smallest absolute Gasteiger partial charge is 0.299 e. The van der Waals surface area contributed by atoms with Crippen molar-refractivity contribution in [2.45, 2.75) is 147 Å². The predicted molar refractivity (Wildman–Crippen MR) is 266 cm³/mol. The third-order valence-corrected chi connectivity index (χ3v) is 14.4.